The Balaban J connectivity index is 1.59. The van der Waals surface area contributed by atoms with Crippen LogP contribution in [0.4, 0.5) is 11.5 Å². The first kappa shape index (κ1) is 14.9. The fourth-order valence-electron chi connectivity index (χ4n) is 2.66. The predicted molar refractivity (Wildman–Crippen MR) is 89.7 cm³/mol. The molecule has 3 heterocycles. The van der Waals surface area contributed by atoms with E-state index in [1.54, 1.807) is 30.5 Å². The quantitative estimate of drug-likeness (QED) is 0.312. The van der Waals surface area contributed by atoms with Crippen LogP contribution in [0.25, 0.3) is 22.5 Å². The Bertz CT molecular complexity index is 1010. The van der Waals surface area contributed by atoms with Crippen molar-refractivity contribution in [3.8, 4) is 17.1 Å². The summed E-state index contributed by atoms with van der Waals surface area (Å²) in [6.45, 7) is 0.464. The number of phenols is 1. The molecule has 0 bridgehead atoms. The number of nitrogen functional groups attached to an aromatic ring is 1. The zero-order valence-electron chi connectivity index (χ0n) is 13.0. The van der Waals surface area contributed by atoms with Crippen LogP contribution in [0.5, 0.6) is 5.75 Å². The molecule has 0 aliphatic carbocycles. The number of nitrogens with one attached hydrogen (secondary N) is 2. The summed E-state index contributed by atoms with van der Waals surface area (Å²) in [5.74, 6) is 1.21. The zero-order valence-corrected chi connectivity index (χ0v) is 13.0. The van der Waals surface area contributed by atoms with E-state index in [1.165, 1.54) is 0 Å². The monoisotopic (exact) mass is 338 g/mol. The molecule has 0 saturated carbocycles. The molecule has 0 saturated heterocycles. The summed E-state index contributed by atoms with van der Waals surface area (Å²) in [4.78, 5) is 0. The highest BCUT2D eigenvalue weighted by molar-refractivity contribution is 5.81. The van der Waals surface area contributed by atoms with Crippen LogP contribution < -0.4 is 11.1 Å². The Kier molecular flexibility index (Phi) is 3.61. The molecule has 0 atom stereocenters. The van der Waals surface area contributed by atoms with Crippen molar-refractivity contribution in [3.05, 3.63) is 36.1 Å². The number of aromatic hydroxyl groups is 1. The number of aromatic nitrogens is 6. The Labute approximate surface area is 141 Å². The second-order valence-corrected chi connectivity index (χ2v) is 5.32. The van der Waals surface area contributed by atoms with Crippen LogP contribution in [-0.2, 0) is 6.42 Å². The van der Waals surface area contributed by atoms with Gasteiger partial charge in [-0.25, -0.2) is 0 Å². The lowest BCUT2D eigenvalue weighted by atomic mass is 9.99. The van der Waals surface area contributed by atoms with Gasteiger partial charge in [-0.15, -0.1) is 15.3 Å². The fourth-order valence-corrected chi connectivity index (χ4v) is 2.66. The van der Waals surface area contributed by atoms with E-state index in [0.29, 0.717) is 52.5 Å². The molecule has 0 amide bonds. The maximum atomic E-state index is 10.3. The van der Waals surface area contributed by atoms with Gasteiger partial charge in [-0.2, -0.15) is 10.3 Å². The molecule has 25 heavy (non-hydrogen) atoms. The fraction of sp³-hybridized carbons (Fsp3) is 0.133. The van der Waals surface area contributed by atoms with Crippen molar-refractivity contribution >= 4 is 22.7 Å². The highest BCUT2D eigenvalue weighted by Crippen LogP contribution is 2.35. The third kappa shape index (κ3) is 2.69. The van der Waals surface area contributed by atoms with Crippen LogP contribution >= 0.6 is 0 Å². The minimum absolute atomic E-state index is 0.148. The topological polar surface area (TPSA) is 152 Å². The maximum Gasteiger partial charge on any atom is 0.228 e. The van der Waals surface area contributed by atoms with Crippen molar-refractivity contribution < 1.29 is 9.52 Å². The van der Waals surface area contributed by atoms with Gasteiger partial charge in [0.25, 0.3) is 0 Å². The molecule has 126 valence electrons. The zero-order chi connectivity index (χ0) is 17.2. The van der Waals surface area contributed by atoms with E-state index in [0.717, 1.165) is 0 Å². The molecule has 4 rings (SSSR count). The van der Waals surface area contributed by atoms with Gasteiger partial charge in [0.05, 0.1) is 6.26 Å². The van der Waals surface area contributed by atoms with E-state index in [4.69, 9.17) is 10.2 Å². The van der Waals surface area contributed by atoms with E-state index >= 15 is 0 Å². The third-order valence-corrected chi connectivity index (χ3v) is 3.79. The molecule has 10 nitrogen and oxygen atoms in total. The predicted octanol–water partition coefficient (Wildman–Crippen LogP) is 1.35. The SMILES string of the molecule is Nc1ccc(O)c(CCNc2nnnc3n[nH]nc23)c1-c1ccco1. The highest BCUT2D eigenvalue weighted by Gasteiger charge is 2.16. The molecule has 0 aliphatic rings. The summed E-state index contributed by atoms with van der Waals surface area (Å²) in [6.07, 6.45) is 2.05. The smallest absolute Gasteiger partial charge is 0.228 e. The van der Waals surface area contributed by atoms with E-state index < -0.39 is 0 Å². The van der Waals surface area contributed by atoms with Crippen molar-refractivity contribution in [3.63, 3.8) is 0 Å². The van der Waals surface area contributed by atoms with Crippen molar-refractivity contribution in [2.75, 3.05) is 17.6 Å². The number of furan rings is 1. The standard InChI is InChI=1S/C15H14N8O2/c16-9-3-4-10(24)8(12(9)11-2-1-7-25-11)5-6-17-14-13-15(20-22-18-13)21-23-19-14/h1-4,7,24H,5-6,16H2,(H2,17,18,19,20,21,22). The Morgan fingerprint density at radius 2 is 2.12 bits per heavy atom. The second kappa shape index (κ2) is 6.07. The number of benzene rings is 1. The normalized spacial score (nSPS) is 11.0. The van der Waals surface area contributed by atoms with Crippen molar-refractivity contribution in [2.24, 2.45) is 0 Å². The Hall–Kier alpha value is -3.69. The van der Waals surface area contributed by atoms with Crippen molar-refractivity contribution in [1.82, 2.24) is 30.8 Å². The minimum Gasteiger partial charge on any atom is -0.508 e. The molecule has 3 aromatic heterocycles. The summed E-state index contributed by atoms with van der Waals surface area (Å²) in [7, 11) is 0. The molecule has 1 aromatic carbocycles. The molecule has 0 radical (unpaired) electrons. The number of anilines is 2. The van der Waals surface area contributed by atoms with Gasteiger partial charge in [0.2, 0.25) is 5.65 Å². The summed E-state index contributed by atoms with van der Waals surface area (Å²) < 4.78 is 5.44. The average Bonchev–Trinajstić information content (AvgIpc) is 3.29. The lowest BCUT2D eigenvalue weighted by Crippen LogP contribution is -2.09. The first-order chi connectivity index (χ1) is 12.2. The van der Waals surface area contributed by atoms with Gasteiger partial charge in [0.1, 0.15) is 11.5 Å². The number of nitrogens with two attached hydrogens (primary N) is 1. The number of aromatic amines is 1. The van der Waals surface area contributed by atoms with Crippen molar-refractivity contribution in [1.29, 1.82) is 0 Å². The van der Waals surface area contributed by atoms with Crippen LogP contribution in [0, 0.1) is 0 Å². The van der Waals surface area contributed by atoms with Gasteiger partial charge < -0.3 is 20.6 Å². The number of H-pyrrole nitrogens is 1. The lowest BCUT2D eigenvalue weighted by Gasteiger charge is -2.13. The molecule has 0 spiro atoms. The van der Waals surface area contributed by atoms with Crippen LogP contribution in [0.15, 0.2) is 34.9 Å². The molecule has 10 heteroatoms. The Morgan fingerprint density at radius 3 is 2.96 bits per heavy atom. The second-order valence-electron chi connectivity index (χ2n) is 5.32. The molecule has 5 N–H and O–H groups in total. The van der Waals surface area contributed by atoms with Crippen LogP contribution in [0.2, 0.25) is 0 Å². The molecule has 0 fully saturated rings. The summed E-state index contributed by atoms with van der Waals surface area (Å²) in [5, 5.41) is 35.0. The maximum absolute atomic E-state index is 10.3. The largest absolute Gasteiger partial charge is 0.508 e. The first-order valence-electron chi connectivity index (χ1n) is 7.52. The van der Waals surface area contributed by atoms with Crippen molar-refractivity contribution in [2.45, 2.75) is 6.42 Å². The number of hydrogen-bond donors (Lipinski definition) is 4. The molecule has 0 unspecified atom stereocenters. The molecular weight excluding hydrogens is 324 g/mol. The number of fused-ring (bicyclic) bond motifs is 1. The average molecular weight is 338 g/mol. The van der Waals surface area contributed by atoms with Gasteiger partial charge >= 0.3 is 0 Å². The number of nitrogens with zero attached hydrogens (tertiary/aromatic N) is 5. The lowest BCUT2D eigenvalue weighted by molar-refractivity contribution is 0.468. The van der Waals surface area contributed by atoms with Gasteiger partial charge in [-0.05, 0) is 35.9 Å². The van der Waals surface area contributed by atoms with Gasteiger partial charge in [-0.1, -0.05) is 0 Å². The number of phenolic OH excluding ortho intramolecular Hbond substituents is 1. The first-order valence-corrected chi connectivity index (χ1v) is 7.52. The summed E-state index contributed by atoms with van der Waals surface area (Å²) >= 11 is 0. The van der Waals surface area contributed by atoms with Crippen LogP contribution in [-0.4, -0.2) is 42.5 Å². The minimum atomic E-state index is 0.148. The molecular formula is C15H14N8O2. The van der Waals surface area contributed by atoms with E-state index in [2.05, 4.69) is 36.1 Å². The van der Waals surface area contributed by atoms with E-state index in [9.17, 15) is 5.11 Å². The van der Waals surface area contributed by atoms with Gasteiger partial charge in [0, 0.05) is 23.4 Å². The van der Waals surface area contributed by atoms with Gasteiger partial charge in [-0.3, -0.25) is 0 Å². The van der Waals surface area contributed by atoms with Gasteiger partial charge in [0.15, 0.2) is 11.3 Å². The summed E-state index contributed by atoms with van der Waals surface area (Å²) in [6, 6.07) is 6.79. The van der Waals surface area contributed by atoms with E-state index in [-0.39, 0.29) is 5.75 Å². The Morgan fingerprint density at radius 1 is 1.20 bits per heavy atom. The molecule has 0 aliphatic heterocycles. The van der Waals surface area contributed by atoms with Crippen LogP contribution in [0.3, 0.4) is 0 Å². The van der Waals surface area contributed by atoms with Crippen LogP contribution in [0.1, 0.15) is 5.56 Å². The molecule has 4 aromatic rings. The third-order valence-electron chi connectivity index (χ3n) is 3.79. The highest BCUT2D eigenvalue weighted by atomic mass is 16.3. The number of rotatable bonds is 5. The van der Waals surface area contributed by atoms with E-state index in [1.807, 2.05) is 0 Å². The summed E-state index contributed by atoms with van der Waals surface area (Å²) in [5.41, 5.74) is 8.85. The number of hydrogen-bond acceptors (Lipinski definition) is 9.